The van der Waals surface area contributed by atoms with Gasteiger partial charge in [0.25, 0.3) is 5.56 Å². The molecule has 1 atom stereocenters. The minimum atomic E-state index is -0.279. The number of ether oxygens (including phenoxy) is 1. The number of nitrogens with zero attached hydrogens (tertiary/aromatic N) is 3. The molecule has 1 aliphatic rings. The third-order valence-electron chi connectivity index (χ3n) is 5.35. The fourth-order valence-corrected chi connectivity index (χ4v) is 3.73. The van der Waals surface area contributed by atoms with Gasteiger partial charge < -0.3 is 9.64 Å². The average molecular weight is 381 g/mol. The molecule has 0 bridgehead atoms. The van der Waals surface area contributed by atoms with Crippen LogP contribution < -0.4 is 10.3 Å². The molecule has 0 radical (unpaired) electrons. The Bertz CT molecular complexity index is 1020. The van der Waals surface area contributed by atoms with E-state index in [0.29, 0.717) is 16.7 Å². The molecule has 0 aliphatic carbocycles. The topological polar surface area (TPSA) is 47.4 Å². The number of rotatable bonds is 4. The standard InChI is InChI=1S/C22H24FN3O2/c1-25-13-4-5-18(12-14-25)26-22(27)20-7-3-2-6-19(20)21(24-26)28-15-16-8-10-17(23)11-9-16/h2-3,6-11,18H,4-5,12-15H2,1H3. The first-order valence-corrected chi connectivity index (χ1v) is 9.69. The van der Waals surface area contributed by atoms with Crippen LogP contribution in [0.25, 0.3) is 10.8 Å². The van der Waals surface area contributed by atoms with Crippen LogP contribution in [0.5, 0.6) is 5.88 Å². The van der Waals surface area contributed by atoms with Gasteiger partial charge in [-0.15, -0.1) is 5.10 Å². The first kappa shape index (κ1) is 18.6. The van der Waals surface area contributed by atoms with E-state index < -0.39 is 0 Å². The molecule has 2 heterocycles. The van der Waals surface area contributed by atoms with E-state index in [9.17, 15) is 9.18 Å². The molecule has 1 unspecified atom stereocenters. The van der Waals surface area contributed by atoms with Crippen LogP contribution in [0, 0.1) is 5.82 Å². The van der Waals surface area contributed by atoms with Gasteiger partial charge in [-0.05, 0) is 69.2 Å². The van der Waals surface area contributed by atoms with Crippen molar-refractivity contribution in [2.24, 2.45) is 0 Å². The molecule has 0 saturated carbocycles. The number of hydrogen-bond donors (Lipinski definition) is 0. The van der Waals surface area contributed by atoms with Crippen LogP contribution in [-0.4, -0.2) is 34.8 Å². The largest absolute Gasteiger partial charge is 0.471 e. The summed E-state index contributed by atoms with van der Waals surface area (Å²) in [6, 6.07) is 13.7. The monoisotopic (exact) mass is 381 g/mol. The minimum absolute atomic E-state index is 0.0650. The van der Waals surface area contributed by atoms with Crippen molar-refractivity contribution in [3.05, 3.63) is 70.3 Å². The van der Waals surface area contributed by atoms with Gasteiger partial charge in [0.2, 0.25) is 5.88 Å². The van der Waals surface area contributed by atoms with Gasteiger partial charge in [0, 0.05) is 0 Å². The van der Waals surface area contributed by atoms with Crippen LogP contribution >= 0.6 is 0 Å². The lowest BCUT2D eigenvalue weighted by Gasteiger charge is -2.19. The number of hydrogen-bond acceptors (Lipinski definition) is 4. The highest BCUT2D eigenvalue weighted by Crippen LogP contribution is 2.25. The number of aromatic nitrogens is 2. The highest BCUT2D eigenvalue weighted by molar-refractivity contribution is 5.85. The lowest BCUT2D eigenvalue weighted by atomic mass is 10.1. The summed E-state index contributed by atoms with van der Waals surface area (Å²) in [4.78, 5) is 15.4. The highest BCUT2D eigenvalue weighted by atomic mass is 19.1. The Morgan fingerprint density at radius 3 is 2.61 bits per heavy atom. The molecular formula is C22H24FN3O2. The summed E-state index contributed by atoms with van der Waals surface area (Å²) in [6.07, 6.45) is 2.85. The molecule has 1 fully saturated rings. The van der Waals surface area contributed by atoms with Gasteiger partial charge in [-0.25, -0.2) is 9.07 Å². The van der Waals surface area contributed by atoms with E-state index in [1.54, 1.807) is 16.8 Å². The van der Waals surface area contributed by atoms with Gasteiger partial charge >= 0.3 is 0 Å². The molecule has 4 rings (SSSR count). The van der Waals surface area contributed by atoms with Gasteiger partial charge in [-0.3, -0.25) is 4.79 Å². The first-order chi connectivity index (χ1) is 13.6. The molecule has 0 N–H and O–H groups in total. The van der Waals surface area contributed by atoms with Crippen LogP contribution in [0.15, 0.2) is 53.3 Å². The maximum atomic E-state index is 13.1. The smallest absolute Gasteiger partial charge is 0.275 e. The Labute approximate surface area is 163 Å². The predicted molar refractivity (Wildman–Crippen MR) is 107 cm³/mol. The molecule has 1 aromatic heterocycles. The molecule has 5 nitrogen and oxygen atoms in total. The van der Waals surface area contributed by atoms with Crippen LogP contribution in [0.2, 0.25) is 0 Å². The van der Waals surface area contributed by atoms with Crippen LogP contribution in [0.4, 0.5) is 4.39 Å². The third kappa shape index (κ3) is 3.92. The first-order valence-electron chi connectivity index (χ1n) is 9.69. The lowest BCUT2D eigenvalue weighted by Crippen LogP contribution is -2.29. The second-order valence-corrected chi connectivity index (χ2v) is 7.40. The second-order valence-electron chi connectivity index (χ2n) is 7.40. The molecule has 2 aromatic carbocycles. The maximum absolute atomic E-state index is 13.1. The number of fused-ring (bicyclic) bond motifs is 1. The van der Waals surface area contributed by atoms with Crippen LogP contribution in [0.3, 0.4) is 0 Å². The van der Waals surface area contributed by atoms with Gasteiger partial charge in [0.15, 0.2) is 0 Å². The Hall–Kier alpha value is -2.73. The molecule has 3 aromatic rings. The van der Waals surface area contributed by atoms with E-state index in [2.05, 4.69) is 17.0 Å². The summed E-state index contributed by atoms with van der Waals surface area (Å²) in [7, 11) is 2.11. The molecule has 0 spiro atoms. The molecule has 6 heteroatoms. The van der Waals surface area contributed by atoms with E-state index in [1.165, 1.54) is 12.1 Å². The van der Waals surface area contributed by atoms with E-state index in [1.807, 2.05) is 24.3 Å². The van der Waals surface area contributed by atoms with Crippen molar-refractivity contribution in [2.45, 2.75) is 31.9 Å². The van der Waals surface area contributed by atoms with Crippen molar-refractivity contribution in [2.75, 3.05) is 20.1 Å². The summed E-state index contributed by atoms with van der Waals surface area (Å²) in [6.45, 7) is 2.24. The molecule has 146 valence electrons. The van der Waals surface area contributed by atoms with E-state index >= 15 is 0 Å². The van der Waals surface area contributed by atoms with E-state index in [0.717, 1.165) is 37.9 Å². The number of halogens is 1. The van der Waals surface area contributed by atoms with Crippen molar-refractivity contribution in [3.8, 4) is 5.88 Å². The van der Waals surface area contributed by atoms with Crippen molar-refractivity contribution in [1.29, 1.82) is 0 Å². The Morgan fingerprint density at radius 2 is 1.82 bits per heavy atom. The average Bonchev–Trinajstić information content (AvgIpc) is 2.93. The normalized spacial score (nSPS) is 18.1. The van der Waals surface area contributed by atoms with Crippen molar-refractivity contribution < 1.29 is 9.13 Å². The number of likely N-dealkylation sites (tertiary alicyclic amines) is 1. The fourth-order valence-electron chi connectivity index (χ4n) is 3.73. The highest BCUT2D eigenvalue weighted by Gasteiger charge is 2.21. The summed E-state index contributed by atoms with van der Waals surface area (Å²) in [5.74, 6) is 0.163. The van der Waals surface area contributed by atoms with Gasteiger partial charge in [0.1, 0.15) is 12.4 Å². The Morgan fingerprint density at radius 1 is 1.07 bits per heavy atom. The Balaban J connectivity index is 1.69. The van der Waals surface area contributed by atoms with E-state index in [4.69, 9.17) is 4.74 Å². The second kappa shape index (κ2) is 8.10. The Kier molecular flexibility index (Phi) is 5.39. The summed E-state index contributed by atoms with van der Waals surface area (Å²) < 4.78 is 20.7. The SMILES string of the molecule is CN1CCCC(n2nc(OCc3ccc(F)cc3)c3ccccc3c2=O)CC1. The summed E-state index contributed by atoms with van der Waals surface area (Å²) >= 11 is 0. The minimum Gasteiger partial charge on any atom is -0.471 e. The third-order valence-corrected chi connectivity index (χ3v) is 5.35. The quantitative estimate of drug-likeness (QED) is 0.690. The van der Waals surface area contributed by atoms with Crippen molar-refractivity contribution in [3.63, 3.8) is 0 Å². The number of benzene rings is 2. The van der Waals surface area contributed by atoms with Crippen molar-refractivity contribution in [1.82, 2.24) is 14.7 Å². The molecule has 28 heavy (non-hydrogen) atoms. The molecular weight excluding hydrogens is 357 g/mol. The molecule has 1 saturated heterocycles. The van der Waals surface area contributed by atoms with Gasteiger partial charge in [-0.2, -0.15) is 0 Å². The van der Waals surface area contributed by atoms with Crippen molar-refractivity contribution >= 4 is 10.8 Å². The zero-order valence-corrected chi connectivity index (χ0v) is 16.0. The predicted octanol–water partition coefficient (Wildman–Crippen LogP) is 3.77. The summed E-state index contributed by atoms with van der Waals surface area (Å²) in [5.41, 5.74) is 0.778. The van der Waals surface area contributed by atoms with Gasteiger partial charge in [-0.1, -0.05) is 24.3 Å². The van der Waals surface area contributed by atoms with Gasteiger partial charge in [0.05, 0.1) is 16.8 Å². The van der Waals surface area contributed by atoms with Crippen LogP contribution in [0.1, 0.15) is 30.9 Å². The summed E-state index contributed by atoms with van der Waals surface area (Å²) in [5, 5.41) is 5.93. The fraction of sp³-hybridized carbons (Fsp3) is 0.364. The maximum Gasteiger partial charge on any atom is 0.275 e. The van der Waals surface area contributed by atoms with E-state index in [-0.39, 0.29) is 24.0 Å². The molecule has 0 amide bonds. The zero-order valence-electron chi connectivity index (χ0n) is 16.0. The zero-order chi connectivity index (χ0) is 19.5. The molecule has 1 aliphatic heterocycles. The lowest BCUT2D eigenvalue weighted by molar-refractivity contribution is 0.276. The van der Waals surface area contributed by atoms with Crippen LogP contribution in [-0.2, 0) is 6.61 Å².